The molecule has 10 heteroatoms. The number of sulfonamides is 1. The van der Waals surface area contributed by atoms with Crippen LogP contribution >= 0.6 is 0 Å². The summed E-state index contributed by atoms with van der Waals surface area (Å²) in [6.45, 7) is 3.69. The van der Waals surface area contributed by atoms with E-state index in [2.05, 4.69) is 14.8 Å². The topological polar surface area (TPSA) is 84.5 Å². The lowest BCUT2D eigenvalue weighted by atomic mass is 10.1. The number of alkyl halides is 3. The minimum absolute atomic E-state index is 0.00504. The fraction of sp³-hybridized carbons (Fsp3) is 0.278. The highest BCUT2D eigenvalue weighted by molar-refractivity contribution is 7.92. The van der Waals surface area contributed by atoms with Gasteiger partial charge in [0.1, 0.15) is 5.75 Å². The summed E-state index contributed by atoms with van der Waals surface area (Å²) >= 11 is 0. The number of benzene rings is 2. The van der Waals surface area contributed by atoms with E-state index in [4.69, 9.17) is 0 Å². The first-order valence-corrected chi connectivity index (χ1v) is 9.78. The molecular formula is C18H19F3N2O4S. The highest BCUT2D eigenvalue weighted by atomic mass is 32.2. The first kappa shape index (κ1) is 21.5. The minimum atomic E-state index is -4.95. The van der Waals surface area contributed by atoms with E-state index in [1.54, 1.807) is 13.0 Å². The number of halogens is 3. The zero-order chi connectivity index (χ0) is 20.9. The number of nitrogens with one attached hydrogen (secondary N) is 2. The van der Waals surface area contributed by atoms with Crippen molar-refractivity contribution in [2.24, 2.45) is 0 Å². The largest absolute Gasteiger partial charge is 0.573 e. The normalized spacial score (nSPS) is 12.9. The molecule has 0 spiro atoms. The van der Waals surface area contributed by atoms with Gasteiger partial charge >= 0.3 is 6.36 Å². The summed E-state index contributed by atoms with van der Waals surface area (Å²) in [5.41, 5.74) is 0.0968. The highest BCUT2D eigenvalue weighted by Crippen LogP contribution is 2.26. The van der Waals surface area contributed by atoms with Crippen LogP contribution in [-0.4, -0.2) is 26.7 Å². The number of hydrogen-bond donors (Lipinski definition) is 2. The van der Waals surface area contributed by atoms with E-state index in [1.807, 2.05) is 6.92 Å². The molecule has 6 nitrogen and oxygen atoms in total. The van der Waals surface area contributed by atoms with Crippen LogP contribution in [0.15, 0.2) is 53.4 Å². The van der Waals surface area contributed by atoms with Gasteiger partial charge in [-0.2, -0.15) is 0 Å². The van der Waals surface area contributed by atoms with Crippen LogP contribution in [0.1, 0.15) is 30.6 Å². The van der Waals surface area contributed by atoms with Crippen LogP contribution in [0.5, 0.6) is 5.75 Å². The maximum atomic E-state index is 12.6. The van der Waals surface area contributed by atoms with Crippen LogP contribution in [0.4, 0.5) is 18.9 Å². The summed E-state index contributed by atoms with van der Waals surface area (Å²) in [5, 5.41) is 2.73. The van der Waals surface area contributed by atoms with Crippen LogP contribution in [-0.2, 0) is 10.0 Å². The molecule has 2 aromatic rings. The molecule has 2 rings (SSSR count). The molecule has 0 aliphatic heterocycles. The molecule has 0 saturated heterocycles. The summed E-state index contributed by atoms with van der Waals surface area (Å²) in [4.78, 5) is 11.9. The molecule has 0 unspecified atom stereocenters. The Hall–Kier alpha value is -2.75. The minimum Gasteiger partial charge on any atom is -0.406 e. The van der Waals surface area contributed by atoms with Gasteiger partial charge in [-0.05, 0) is 37.6 Å². The quantitative estimate of drug-likeness (QED) is 0.717. The Morgan fingerprint density at radius 2 is 1.82 bits per heavy atom. The van der Waals surface area contributed by atoms with Crippen molar-refractivity contribution in [1.82, 2.24) is 5.32 Å². The maximum absolute atomic E-state index is 12.6. The molecule has 0 aromatic heterocycles. The fourth-order valence-corrected chi connectivity index (χ4v) is 3.33. The van der Waals surface area contributed by atoms with E-state index in [1.165, 1.54) is 18.2 Å². The van der Waals surface area contributed by atoms with Gasteiger partial charge in [0.25, 0.3) is 15.9 Å². The Bertz CT molecular complexity index is 946. The summed E-state index contributed by atoms with van der Waals surface area (Å²) < 4.78 is 68.3. The molecule has 0 aliphatic carbocycles. The number of amides is 1. The van der Waals surface area contributed by atoms with E-state index >= 15 is 0 Å². The average molecular weight is 416 g/mol. The molecule has 0 heterocycles. The lowest BCUT2D eigenvalue weighted by molar-refractivity contribution is -0.274. The molecule has 0 radical (unpaired) electrons. The fourth-order valence-electron chi connectivity index (χ4n) is 2.22. The van der Waals surface area contributed by atoms with Crippen LogP contribution in [0.2, 0.25) is 0 Å². The zero-order valence-corrected chi connectivity index (χ0v) is 15.9. The van der Waals surface area contributed by atoms with Gasteiger partial charge in [0.2, 0.25) is 0 Å². The van der Waals surface area contributed by atoms with Gasteiger partial charge in [0, 0.05) is 12.1 Å². The van der Waals surface area contributed by atoms with Gasteiger partial charge in [-0.1, -0.05) is 25.1 Å². The third-order valence-corrected chi connectivity index (χ3v) is 5.12. The molecule has 0 bridgehead atoms. The van der Waals surface area contributed by atoms with Crippen molar-refractivity contribution in [2.75, 3.05) is 4.72 Å². The number of carbonyl (C=O) groups is 1. The first-order chi connectivity index (χ1) is 13.0. The third kappa shape index (κ3) is 5.88. The number of ether oxygens (including phenoxy) is 1. The van der Waals surface area contributed by atoms with Crippen molar-refractivity contribution in [1.29, 1.82) is 0 Å². The van der Waals surface area contributed by atoms with Crippen LogP contribution in [0, 0.1) is 0 Å². The highest BCUT2D eigenvalue weighted by Gasteiger charge is 2.31. The molecule has 1 atom stereocenters. The van der Waals surface area contributed by atoms with E-state index in [9.17, 15) is 26.4 Å². The van der Waals surface area contributed by atoms with Crippen molar-refractivity contribution >= 4 is 21.6 Å². The molecular weight excluding hydrogens is 397 g/mol. The predicted molar refractivity (Wildman–Crippen MR) is 97.6 cm³/mol. The Balaban J connectivity index is 2.30. The van der Waals surface area contributed by atoms with Crippen LogP contribution in [0.25, 0.3) is 0 Å². The Kier molecular flexibility index (Phi) is 6.55. The number of para-hydroxylation sites is 1. The SMILES string of the molecule is CC[C@H](C)NC(=O)c1ccccc1NS(=O)(=O)c1cccc(OC(F)(F)F)c1. The Morgan fingerprint density at radius 1 is 1.14 bits per heavy atom. The number of hydrogen-bond acceptors (Lipinski definition) is 4. The van der Waals surface area contributed by atoms with Gasteiger partial charge in [0.15, 0.2) is 0 Å². The van der Waals surface area contributed by atoms with E-state index in [-0.39, 0.29) is 17.3 Å². The number of carbonyl (C=O) groups excluding carboxylic acids is 1. The molecule has 1 amide bonds. The van der Waals surface area contributed by atoms with Gasteiger partial charge in [-0.3, -0.25) is 9.52 Å². The molecule has 0 fully saturated rings. The van der Waals surface area contributed by atoms with E-state index in [0.29, 0.717) is 6.42 Å². The first-order valence-electron chi connectivity index (χ1n) is 8.30. The second-order valence-corrected chi connectivity index (χ2v) is 7.64. The second kappa shape index (κ2) is 8.51. The average Bonchev–Trinajstić information content (AvgIpc) is 2.60. The summed E-state index contributed by atoms with van der Waals surface area (Å²) in [6, 6.07) is 9.79. The van der Waals surface area contributed by atoms with Crippen molar-refractivity contribution in [3.05, 3.63) is 54.1 Å². The third-order valence-electron chi connectivity index (χ3n) is 3.76. The molecule has 28 heavy (non-hydrogen) atoms. The monoisotopic (exact) mass is 416 g/mol. The van der Waals surface area contributed by atoms with E-state index < -0.39 is 32.9 Å². The van der Waals surface area contributed by atoms with Gasteiger partial charge in [-0.15, -0.1) is 13.2 Å². The lowest BCUT2D eigenvalue weighted by Gasteiger charge is -2.16. The number of rotatable bonds is 7. The van der Waals surface area contributed by atoms with Gasteiger partial charge < -0.3 is 10.1 Å². The van der Waals surface area contributed by atoms with Crippen molar-refractivity contribution in [3.8, 4) is 5.75 Å². The van der Waals surface area contributed by atoms with E-state index in [0.717, 1.165) is 24.3 Å². The predicted octanol–water partition coefficient (Wildman–Crippen LogP) is 3.91. The number of anilines is 1. The summed E-state index contributed by atoms with van der Waals surface area (Å²) in [5.74, 6) is -1.14. The smallest absolute Gasteiger partial charge is 0.406 e. The molecule has 0 aliphatic rings. The summed E-state index contributed by atoms with van der Waals surface area (Å²) in [7, 11) is -4.26. The second-order valence-electron chi connectivity index (χ2n) is 5.96. The standard InChI is InChI=1S/C18H19F3N2O4S/c1-3-12(2)22-17(24)15-9-4-5-10-16(15)23-28(25,26)14-8-6-7-13(11-14)27-18(19,20)21/h4-12,23H,3H2,1-2H3,(H,22,24)/t12-/m0/s1. The summed E-state index contributed by atoms with van der Waals surface area (Å²) in [6.07, 6.45) is -4.26. The Morgan fingerprint density at radius 3 is 2.46 bits per heavy atom. The molecule has 2 N–H and O–H groups in total. The van der Waals surface area contributed by atoms with Gasteiger partial charge in [-0.25, -0.2) is 8.42 Å². The molecule has 0 saturated carbocycles. The molecule has 2 aromatic carbocycles. The lowest BCUT2D eigenvalue weighted by Crippen LogP contribution is -2.32. The maximum Gasteiger partial charge on any atom is 0.573 e. The van der Waals surface area contributed by atoms with Crippen molar-refractivity contribution in [2.45, 2.75) is 37.6 Å². The van der Waals surface area contributed by atoms with Crippen LogP contribution in [0.3, 0.4) is 0 Å². The van der Waals surface area contributed by atoms with Gasteiger partial charge in [0.05, 0.1) is 16.1 Å². The van der Waals surface area contributed by atoms with Crippen molar-refractivity contribution < 1.29 is 31.1 Å². The van der Waals surface area contributed by atoms with Crippen LogP contribution < -0.4 is 14.8 Å². The van der Waals surface area contributed by atoms with Crippen molar-refractivity contribution in [3.63, 3.8) is 0 Å². The molecule has 152 valence electrons. The zero-order valence-electron chi connectivity index (χ0n) is 15.1. The Labute approximate surface area is 160 Å².